The minimum atomic E-state index is 0. The monoisotopic (exact) mass is 377 g/mol. The number of halogens is 1. The van der Waals surface area contributed by atoms with Gasteiger partial charge in [0.25, 0.3) is 0 Å². The van der Waals surface area contributed by atoms with Gasteiger partial charge < -0.3 is 5.73 Å². The Labute approximate surface area is 152 Å². The normalized spacial score (nSPS) is 13.6. The molecule has 0 amide bonds. The number of hydrogen-bond donors (Lipinski definition) is 1. The fourth-order valence-corrected chi connectivity index (χ4v) is 2.90. The summed E-state index contributed by atoms with van der Waals surface area (Å²) in [4.78, 5) is 0. The van der Waals surface area contributed by atoms with Crippen molar-refractivity contribution in [2.45, 2.75) is 129 Å². The lowest BCUT2D eigenvalue weighted by molar-refractivity contribution is 0.394. The van der Waals surface area contributed by atoms with Gasteiger partial charge in [0.05, 0.1) is 0 Å². The van der Waals surface area contributed by atoms with Crippen LogP contribution < -0.4 is 5.73 Å². The molecule has 0 saturated carbocycles. The third-order valence-electron chi connectivity index (χ3n) is 4.91. The van der Waals surface area contributed by atoms with Crippen LogP contribution in [0.5, 0.6) is 0 Å². The van der Waals surface area contributed by atoms with Crippen LogP contribution in [0.4, 0.5) is 0 Å². The van der Waals surface area contributed by atoms with Crippen LogP contribution in [-0.4, -0.2) is 5.54 Å². The molecule has 0 aliphatic heterocycles. The Balaban J connectivity index is 0. The van der Waals surface area contributed by atoms with Crippen molar-refractivity contribution in [3.8, 4) is 0 Å². The smallest absolute Gasteiger partial charge is 0.0123 e. The third kappa shape index (κ3) is 18.5. The first-order valence-electron chi connectivity index (χ1n) is 9.91. The second-order valence-corrected chi connectivity index (χ2v) is 7.35. The van der Waals surface area contributed by atoms with Crippen molar-refractivity contribution in [1.82, 2.24) is 0 Å². The van der Waals surface area contributed by atoms with Crippen molar-refractivity contribution in [2.24, 2.45) is 5.73 Å². The van der Waals surface area contributed by atoms with Crippen molar-refractivity contribution >= 4 is 17.0 Å². The van der Waals surface area contributed by atoms with E-state index in [9.17, 15) is 0 Å². The van der Waals surface area contributed by atoms with Crippen LogP contribution >= 0.6 is 17.0 Å². The van der Waals surface area contributed by atoms with Crippen LogP contribution in [-0.2, 0) is 0 Å². The third-order valence-corrected chi connectivity index (χ3v) is 4.91. The van der Waals surface area contributed by atoms with Gasteiger partial charge in [-0.25, -0.2) is 0 Å². The molecule has 0 fully saturated rings. The molecule has 0 aromatic rings. The van der Waals surface area contributed by atoms with Gasteiger partial charge in [0.15, 0.2) is 0 Å². The van der Waals surface area contributed by atoms with Crippen LogP contribution in [0, 0.1) is 0 Å². The van der Waals surface area contributed by atoms with Gasteiger partial charge in [-0.15, -0.1) is 17.0 Å². The molecule has 0 aromatic carbocycles. The Hall–Kier alpha value is 0.440. The molecule has 136 valence electrons. The Bertz CT molecular complexity index is 204. The highest BCUT2D eigenvalue weighted by Gasteiger charge is 2.13. The standard InChI is InChI=1S/C20H43N.BrH/c1-4-6-7-8-9-10-11-12-13-14-15-16-17-18-19-20(3,21)5-2;/h4-19,21H2,1-3H3;1H. The quantitative estimate of drug-likeness (QED) is 0.275. The van der Waals surface area contributed by atoms with Gasteiger partial charge in [0, 0.05) is 5.54 Å². The molecule has 0 rings (SSSR count). The van der Waals surface area contributed by atoms with E-state index in [1.807, 2.05) is 0 Å². The molecule has 0 spiro atoms. The van der Waals surface area contributed by atoms with Crippen LogP contribution in [0.1, 0.15) is 124 Å². The van der Waals surface area contributed by atoms with Gasteiger partial charge in [-0.2, -0.15) is 0 Å². The lowest BCUT2D eigenvalue weighted by atomic mass is 9.92. The highest BCUT2D eigenvalue weighted by Crippen LogP contribution is 2.17. The van der Waals surface area contributed by atoms with E-state index in [2.05, 4.69) is 20.8 Å². The Kier molecular flexibility index (Phi) is 20.0. The Morgan fingerprint density at radius 3 is 1.23 bits per heavy atom. The largest absolute Gasteiger partial charge is 0.325 e. The van der Waals surface area contributed by atoms with Crippen molar-refractivity contribution in [1.29, 1.82) is 0 Å². The first-order valence-corrected chi connectivity index (χ1v) is 9.91. The number of unbranched alkanes of at least 4 members (excludes halogenated alkanes) is 13. The molecule has 2 heteroatoms. The van der Waals surface area contributed by atoms with Gasteiger partial charge in [-0.05, 0) is 19.8 Å². The predicted octanol–water partition coefficient (Wildman–Crippen LogP) is 7.56. The van der Waals surface area contributed by atoms with E-state index in [1.165, 1.54) is 96.3 Å². The fourth-order valence-electron chi connectivity index (χ4n) is 2.90. The number of nitrogens with two attached hydrogens (primary N) is 1. The summed E-state index contributed by atoms with van der Waals surface area (Å²) in [5.74, 6) is 0. The van der Waals surface area contributed by atoms with Gasteiger partial charge in [-0.1, -0.05) is 104 Å². The van der Waals surface area contributed by atoms with E-state index in [0.717, 1.165) is 6.42 Å². The molecule has 1 atom stereocenters. The average Bonchev–Trinajstić information content (AvgIpc) is 2.47. The molecule has 1 unspecified atom stereocenters. The molecule has 22 heavy (non-hydrogen) atoms. The molecule has 0 aliphatic rings. The summed E-state index contributed by atoms with van der Waals surface area (Å²) < 4.78 is 0. The van der Waals surface area contributed by atoms with Crippen molar-refractivity contribution in [3.63, 3.8) is 0 Å². The molecule has 0 saturated heterocycles. The molecular weight excluding hydrogens is 334 g/mol. The van der Waals surface area contributed by atoms with Crippen molar-refractivity contribution in [2.75, 3.05) is 0 Å². The van der Waals surface area contributed by atoms with E-state index in [1.54, 1.807) is 0 Å². The highest BCUT2D eigenvalue weighted by molar-refractivity contribution is 8.93. The van der Waals surface area contributed by atoms with Crippen molar-refractivity contribution < 1.29 is 0 Å². The van der Waals surface area contributed by atoms with Crippen molar-refractivity contribution in [3.05, 3.63) is 0 Å². The maximum absolute atomic E-state index is 6.16. The average molecular weight is 378 g/mol. The summed E-state index contributed by atoms with van der Waals surface area (Å²) in [7, 11) is 0. The lowest BCUT2D eigenvalue weighted by Crippen LogP contribution is -2.34. The molecule has 2 N–H and O–H groups in total. The predicted molar refractivity (Wildman–Crippen MR) is 108 cm³/mol. The van der Waals surface area contributed by atoms with E-state index in [4.69, 9.17) is 5.73 Å². The first-order chi connectivity index (χ1) is 10.1. The summed E-state index contributed by atoms with van der Waals surface area (Å²) >= 11 is 0. The van der Waals surface area contributed by atoms with E-state index in [-0.39, 0.29) is 22.5 Å². The minimum absolute atomic E-state index is 0. The van der Waals surface area contributed by atoms with Gasteiger partial charge in [0.2, 0.25) is 0 Å². The fraction of sp³-hybridized carbons (Fsp3) is 1.00. The maximum atomic E-state index is 6.16. The zero-order valence-corrected chi connectivity index (χ0v) is 17.5. The zero-order valence-electron chi connectivity index (χ0n) is 15.8. The van der Waals surface area contributed by atoms with E-state index in [0.29, 0.717) is 0 Å². The zero-order chi connectivity index (χ0) is 15.8. The van der Waals surface area contributed by atoms with Gasteiger partial charge >= 0.3 is 0 Å². The molecular formula is C20H44BrN. The topological polar surface area (TPSA) is 26.0 Å². The van der Waals surface area contributed by atoms with E-state index >= 15 is 0 Å². The summed E-state index contributed by atoms with van der Waals surface area (Å²) in [5, 5.41) is 0. The second kappa shape index (κ2) is 17.8. The summed E-state index contributed by atoms with van der Waals surface area (Å²) in [6, 6.07) is 0. The first kappa shape index (κ1) is 24.7. The van der Waals surface area contributed by atoms with Gasteiger partial charge in [-0.3, -0.25) is 0 Å². The maximum Gasteiger partial charge on any atom is 0.0123 e. The van der Waals surface area contributed by atoms with E-state index < -0.39 is 0 Å². The summed E-state index contributed by atoms with van der Waals surface area (Å²) in [5.41, 5.74) is 6.24. The van der Waals surface area contributed by atoms with Crippen LogP contribution in [0.25, 0.3) is 0 Å². The molecule has 1 nitrogen and oxygen atoms in total. The number of hydrogen-bond acceptors (Lipinski definition) is 1. The summed E-state index contributed by atoms with van der Waals surface area (Å²) in [6.07, 6.45) is 22.3. The van der Waals surface area contributed by atoms with Crippen LogP contribution in [0.3, 0.4) is 0 Å². The summed E-state index contributed by atoms with van der Waals surface area (Å²) in [6.45, 7) is 6.68. The molecule has 0 radical (unpaired) electrons. The highest BCUT2D eigenvalue weighted by atomic mass is 79.9. The van der Waals surface area contributed by atoms with Crippen LogP contribution in [0.15, 0.2) is 0 Å². The van der Waals surface area contributed by atoms with Gasteiger partial charge in [0.1, 0.15) is 0 Å². The Morgan fingerprint density at radius 2 is 0.909 bits per heavy atom. The number of rotatable bonds is 16. The SMILES string of the molecule is Br.CCCCCCCCCCCCCCCCC(C)(N)CC. The lowest BCUT2D eigenvalue weighted by Gasteiger charge is -2.22. The Morgan fingerprint density at radius 1 is 0.591 bits per heavy atom. The molecule has 0 bridgehead atoms. The molecule has 0 aliphatic carbocycles. The minimum Gasteiger partial charge on any atom is -0.325 e. The molecule has 0 aromatic heterocycles. The molecule has 0 heterocycles. The van der Waals surface area contributed by atoms with Crippen LogP contribution in [0.2, 0.25) is 0 Å². The second-order valence-electron chi connectivity index (χ2n) is 7.35.